The summed E-state index contributed by atoms with van der Waals surface area (Å²) in [6, 6.07) is 0. The van der Waals surface area contributed by atoms with E-state index in [-0.39, 0.29) is 23.9 Å². The van der Waals surface area contributed by atoms with Crippen molar-refractivity contribution >= 4 is 5.97 Å². The highest BCUT2D eigenvalue weighted by atomic mass is 16.5. The van der Waals surface area contributed by atoms with Crippen LogP contribution >= 0.6 is 0 Å². The molecular formula is C20H30O4. The molecular weight excluding hydrogens is 304 g/mol. The third-order valence-electron chi connectivity index (χ3n) is 4.84. The molecule has 4 nitrogen and oxygen atoms in total. The number of hydrogen-bond donors (Lipinski definition) is 2. The smallest absolute Gasteiger partial charge is 0.306 e. The molecule has 24 heavy (non-hydrogen) atoms. The van der Waals surface area contributed by atoms with E-state index < -0.39 is 12.2 Å². The van der Waals surface area contributed by atoms with Crippen molar-refractivity contribution in [1.82, 2.24) is 0 Å². The highest BCUT2D eigenvalue weighted by Gasteiger charge is 2.39. The lowest BCUT2D eigenvalue weighted by atomic mass is 9.89. The van der Waals surface area contributed by atoms with Gasteiger partial charge in [-0.2, -0.15) is 0 Å². The van der Waals surface area contributed by atoms with E-state index in [0.717, 1.165) is 25.7 Å². The molecule has 0 radical (unpaired) electrons. The Morgan fingerprint density at radius 3 is 2.83 bits per heavy atom. The first-order valence-corrected chi connectivity index (χ1v) is 9.15. The van der Waals surface area contributed by atoms with Crippen molar-refractivity contribution in [3.05, 3.63) is 36.5 Å². The van der Waals surface area contributed by atoms with Crippen LogP contribution in [0, 0.1) is 11.8 Å². The summed E-state index contributed by atoms with van der Waals surface area (Å²) >= 11 is 0. The third kappa shape index (κ3) is 5.60. The van der Waals surface area contributed by atoms with Gasteiger partial charge in [-0.3, -0.25) is 4.79 Å². The normalized spacial score (nSPS) is 37.8. The maximum Gasteiger partial charge on any atom is 0.306 e. The summed E-state index contributed by atoms with van der Waals surface area (Å²) < 4.78 is 5.58. The molecule has 0 aromatic carbocycles. The number of esters is 1. The third-order valence-corrected chi connectivity index (χ3v) is 4.84. The fourth-order valence-corrected chi connectivity index (χ4v) is 3.48. The van der Waals surface area contributed by atoms with Gasteiger partial charge in [0.05, 0.1) is 12.2 Å². The molecule has 0 amide bonds. The number of cyclic esters (lactones) is 1. The zero-order chi connectivity index (χ0) is 17.4. The van der Waals surface area contributed by atoms with Crippen molar-refractivity contribution in [1.29, 1.82) is 0 Å². The Balaban J connectivity index is 2.15. The second-order valence-corrected chi connectivity index (χ2v) is 6.74. The van der Waals surface area contributed by atoms with Crippen LogP contribution in [0.25, 0.3) is 0 Å². The average molecular weight is 334 g/mol. The van der Waals surface area contributed by atoms with Crippen LogP contribution in [0.15, 0.2) is 36.5 Å². The Labute approximate surface area is 144 Å². The SMILES string of the molecule is CC/C=C\C[C@H]1/C=C/[C@@H]2[C@@H](C/C=C\CCCC(=O)O1)[C@@H](O)C[C@H]2O. The number of aliphatic hydroxyl groups excluding tert-OH is 2. The molecule has 1 aliphatic heterocycles. The Bertz CT molecular complexity index is 480. The topological polar surface area (TPSA) is 66.8 Å². The Hall–Kier alpha value is -1.39. The van der Waals surface area contributed by atoms with Gasteiger partial charge in [0, 0.05) is 25.2 Å². The van der Waals surface area contributed by atoms with Crippen LogP contribution in [0.2, 0.25) is 0 Å². The van der Waals surface area contributed by atoms with Crippen LogP contribution in [-0.2, 0) is 9.53 Å². The average Bonchev–Trinajstić information content (AvgIpc) is 2.81. The minimum Gasteiger partial charge on any atom is -0.458 e. The maximum atomic E-state index is 12.0. The van der Waals surface area contributed by atoms with Crippen LogP contribution < -0.4 is 0 Å². The first-order chi connectivity index (χ1) is 11.6. The van der Waals surface area contributed by atoms with Crippen molar-refractivity contribution in [2.75, 3.05) is 0 Å². The van der Waals surface area contributed by atoms with E-state index >= 15 is 0 Å². The van der Waals surface area contributed by atoms with Crippen molar-refractivity contribution in [2.24, 2.45) is 11.8 Å². The molecule has 0 aromatic heterocycles. The first-order valence-electron chi connectivity index (χ1n) is 9.15. The largest absolute Gasteiger partial charge is 0.458 e. The fourth-order valence-electron chi connectivity index (χ4n) is 3.48. The molecule has 1 saturated carbocycles. The Morgan fingerprint density at radius 2 is 2.04 bits per heavy atom. The van der Waals surface area contributed by atoms with E-state index in [1.165, 1.54) is 0 Å². The van der Waals surface area contributed by atoms with Crippen molar-refractivity contribution in [3.63, 3.8) is 0 Å². The van der Waals surface area contributed by atoms with Gasteiger partial charge in [0.2, 0.25) is 0 Å². The molecule has 2 rings (SSSR count). The monoisotopic (exact) mass is 334 g/mol. The minimum absolute atomic E-state index is 0.0239. The number of carbonyl (C=O) groups excluding carboxylic acids is 1. The molecule has 4 heteroatoms. The Morgan fingerprint density at radius 1 is 1.21 bits per heavy atom. The van der Waals surface area contributed by atoms with Gasteiger partial charge in [-0.05, 0) is 37.7 Å². The predicted molar refractivity (Wildman–Crippen MR) is 94.3 cm³/mol. The minimum atomic E-state index is -0.540. The molecule has 0 spiro atoms. The van der Waals surface area contributed by atoms with Gasteiger partial charge in [-0.25, -0.2) is 0 Å². The van der Waals surface area contributed by atoms with Crippen molar-refractivity contribution in [2.45, 2.75) is 70.2 Å². The summed E-state index contributed by atoms with van der Waals surface area (Å²) in [5.41, 5.74) is 0. The zero-order valence-corrected chi connectivity index (χ0v) is 14.5. The molecule has 5 atom stereocenters. The number of aliphatic hydroxyl groups is 2. The van der Waals surface area contributed by atoms with E-state index in [9.17, 15) is 15.0 Å². The van der Waals surface area contributed by atoms with Crippen LogP contribution in [0.3, 0.4) is 0 Å². The van der Waals surface area contributed by atoms with E-state index in [0.29, 0.717) is 19.3 Å². The van der Waals surface area contributed by atoms with E-state index in [1.54, 1.807) is 0 Å². The number of hydrogen-bond acceptors (Lipinski definition) is 4. The summed E-state index contributed by atoms with van der Waals surface area (Å²) in [4.78, 5) is 12.0. The molecule has 1 aliphatic carbocycles. The number of rotatable bonds is 3. The number of ether oxygens (including phenoxy) is 1. The van der Waals surface area contributed by atoms with Gasteiger partial charge in [0.25, 0.3) is 0 Å². The lowest BCUT2D eigenvalue weighted by Gasteiger charge is -2.20. The van der Waals surface area contributed by atoms with Crippen molar-refractivity contribution < 1.29 is 19.7 Å². The van der Waals surface area contributed by atoms with Crippen LogP contribution in [-0.4, -0.2) is 34.5 Å². The van der Waals surface area contributed by atoms with Gasteiger partial charge >= 0.3 is 5.97 Å². The summed E-state index contributed by atoms with van der Waals surface area (Å²) in [5.74, 6) is -0.247. The van der Waals surface area contributed by atoms with Gasteiger partial charge in [0.15, 0.2) is 0 Å². The van der Waals surface area contributed by atoms with Gasteiger partial charge < -0.3 is 14.9 Å². The second kappa shape index (κ2) is 9.80. The zero-order valence-electron chi connectivity index (χ0n) is 14.5. The first kappa shape index (κ1) is 18.9. The summed E-state index contributed by atoms with van der Waals surface area (Å²) in [7, 11) is 0. The highest BCUT2D eigenvalue weighted by Crippen LogP contribution is 2.36. The number of allylic oxidation sites excluding steroid dienone is 3. The van der Waals surface area contributed by atoms with Crippen molar-refractivity contribution in [3.8, 4) is 0 Å². The fraction of sp³-hybridized carbons (Fsp3) is 0.650. The maximum absolute atomic E-state index is 12.0. The molecule has 134 valence electrons. The summed E-state index contributed by atoms with van der Waals surface area (Å²) in [6.07, 6.45) is 15.5. The molecule has 2 N–H and O–H groups in total. The van der Waals surface area contributed by atoms with Gasteiger partial charge in [-0.1, -0.05) is 37.3 Å². The lowest BCUT2D eigenvalue weighted by molar-refractivity contribution is -0.146. The van der Waals surface area contributed by atoms with Crippen LogP contribution in [0.5, 0.6) is 0 Å². The molecule has 0 unspecified atom stereocenters. The predicted octanol–water partition coefficient (Wildman–Crippen LogP) is 3.30. The molecule has 0 aromatic rings. The van der Waals surface area contributed by atoms with E-state index in [1.807, 2.05) is 18.2 Å². The van der Waals surface area contributed by atoms with Crippen LogP contribution in [0.4, 0.5) is 0 Å². The second-order valence-electron chi connectivity index (χ2n) is 6.74. The van der Waals surface area contributed by atoms with E-state index in [2.05, 4.69) is 25.2 Å². The highest BCUT2D eigenvalue weighted by molar-refractivity contribution is 5.69. The molecule has 0 saturated heterocycles. The van der Waals surface area contributed by atoms with E-state index in [4.69, 9.17) is 4.74 Å². The number of fused-ring (bicyclic) bond motifs is 1. The van der Waals surface area contributed by atoms with Crippen LogP contribution in [0.1, 0.15) is 51.9 Å². The van der Waals surface area contributed by atoms with Gasteiger partial charge in [0.1, 0.15) is 6.10 Å². The molecule has 0 bridgehead atoms. The molecule has 1 heterocycles. The summed E-state index contributed by atoms with van der Waals surface area (Å²) in [6.45, 7) is 2.07. The quantitative estimate of drug-likeness (QED) is 0.614. The van der Waals surface area contributed by atoms with Gasteiger partial charge in [-0.15, -0.1) is 0 Å². The number of carbonyl (C=O) groups is 1. The Kier molecular flexibility index (Phi) is 7.73. The molecule has 2 aliphatic rings. The summed E-state index contributed by atoms with van der Waals surface area (Å²) in [5, 5.41) is 20.5. The molecule has 1 fully saturated rings. The standard InChI is InChI=1S/C20H30O4/c1-2-3-6-9-15-12-13-17-16(18(21)14-19(17)22)10-7-4-5-8-11-20(23)24-15/h3-4,6-7,12-13,15-19,21-22H,2,5,8-11,14H2,1H3/b6-3-,7-4-,13-12+/t15-,16+,17+,18-,19+/m0/s1. The lowest BCUT2D eigenvalue weighted by Crippen LogP contribution is -2.21.